The largest absolute Gasteiger partial charge is 0.325 e. The number of amides is 4. The summed E-state index contributed by atoms with van der Waals surface area (Å²) in [5.74, 6) is -1.04. The Hall–Kier alpha value is -2.68. The zero-order valence-electron chi connectivity index (χ0n) is 15.1. The number of nitrogens with one attached hydrogen (secondary N) is 2. The summed E-state index contributed by atoms with van der Waals surface area (Å²) in [6.45, 7) is 3.37. The minimum atomic E-state index is -0.966. The second-order valence-corrected chi connectivity index (χ2v) is 6.78. The van der Waals surface area contributed by atoms with E-state index in [1.54, 1.807) is 0 Å². The number of nitro groups is 1. The summed E-state index contributed by atoms with van der Waals surface area (Å²) in [4.78, 5) is 48.3. The summed E-state index contributed by atoms with van der Waals surface area (Å²) < 4.78 is 0. The number of anilines is 1. The van der Waals surface area contributed by atoms with Crippen molar-refractivity contribution in [2.45, 2.75) is 45.1 Å². The van der Waals surface area contributed by atoms with Crippen LogP contribution in [0.15, 0.2) is 18.2 Å². The molecule has 1 aromatic carbocycles. The van der Waals surface area contributed by atoms with Gasteiger partial charge in [-0.25, -0.2) is 4.79 Å². The summed E-state index contributed by atoms with van der Waals surface area (Å²) >= 11 is 5.94. The maximum Gasteiger partial charge on any atom is 0.325 e. The molecular formula is C17H21ClN4O5. The molecule has 1 fully saturated rings. The minimum Gasteiger partial charge on any atom is -0.323 e. The molecule has 9 nitrogen and oxygen atoms in total. The van der Waals surface area contributed by atoms with E-state index >= 15 is 0 Å². The Kier molecular flexibility index (Phi) is 6.37. The fraction of sp³-hybridized carbons (Fsp3) is 0.471. The number of imide groups is 1. The Morgan fingerprint density at radius 3 is 2.44 bits per heavy atom. The first-order chi connectivity index (χ1) is 12.7. The summed E-state index contributed by atoms with van der Waals surface area (Å²) in [6.07, 6.45) is 2.42. The lowest BCUT2D eigenvalue weighted by Crippen LogP contribution is -2.47. The van der Waals surface area contributed by atoms with E-state index in [1.807, 2.05) is 13.8 Å². The van der Waals surface area contributed by atoms with Gasteiger partial charge in [-0.05, 0) is 18.9 Å². The molecule has 2 rings (SSSR count). The number of nitro benzene ring substituents is 1. The van der Waals surface area contributed by atoms with Crippen LogP contribution in [0, 0.1) is 10.1 Å². The van der Waals surface area contributed by atoms with Gasteiger partial charge in [0, 0.05) is 12.1 Å². The van der Waals surface area contributed by atoms with Gasteiger partial charge in [0.05, 0.1) is 15.6 Å². The maximum atomic E-state index is 12.8. The van der Waals surface area contributed by atoms with Gasteiger partial charge in [-0.2, -0.15) is 0 Å². The average molecular weight is 397 g/mol. The predicted octanol–water partition coefficient (Wildman–Crippen LogP) is 3.08. The molecule has 0 radical (unpaired) electrons. The Morgan fingerprint density at radius 1 is 1.30 bits per heavy atom. The third-order valence-electron chi connectivity index (χ3n) is 4.34. The molecule has 0 atom stereocenters. The van der Waals surface area contributed by atoms with Gasteiger partial charge in [0.25, 0.3) is 11.6 Å². The zero-order valence-corrected chi connectivity index (χ0v) is 15.8. The van der Waals surface area contributed by atoms with Crippen molar-refractivity contribution in [2.24, 2.45) is 0 Å². The molecule has 1 aliphatic heterocycles. The molecule has 0 spiro atoms. The maximum absolute atomic E-state index is 12.8. The minimum absolute atomic E-state index is 0.0129. The highest BCUT2D eigenvalue weighted by atomic mass is 35.5. The van der Waals surface area contributed by atoms with Crippen LogP contribution in [0.5, 0.6) is 0 Å². The number of carbonyl (C=O) groups is 3. The molecule has 0 saturated carbocycles. The summed E-state index contributed by atoms with van der Waals surface area (Å²) in [6, 6.07) is 3.00. The van der Waals surface area contributed by atoms with Gasteiger partial charge in [-0.15, -0.1) is 0 Å². The molecule has 1 aliphatic rings. The van der Waals surface area contributed by atoms with Crippen molar-refractivity contribution in [1.29, 1.82) is 0 Å². The molecule has 146 valence electrons. The van der Waals surface area contributed by atoms with Crippen molar-refractivity contribution < 1.29 is 19.3 Å². The Balaban J connectivity index is 2.10. The van der Waals surface area contributed by atoms with Gasteiger partial charge in [0.1, 0.15) is 12.1 Å². The van der Waals surface area contributed by atoms with E-state index < -0.39 is 34.9 Å². The quantitative estimate of drug-likeness (QED) is 0.397. The Morgan fingerprint density at radius 2 is 1.93 bits per heavy atom. The first kappa shape index (κ1) is 20.6. The van der Waals surface area contributed by atoms with Crippen LogP contribution in [0.4, 0.5) is 16.2 Å². The molecule has 2 N–H and O–H groups in total. The number of hydrogen-bond donors (Lipinski definition) is 2. The molecule has 1 heterocycles. The highest BCUT2D eigenvalue weighted by molar-refractivity contribution is 6.34. The lowest BCUT2D eigenvalue weighted by molar-refractivity contribution is -0.384. The third-order valence-corrected chi connectivity index (χ3v) is 4.65. The lowest BCUT2D eigenvalue weighted by Gasteiger charge is -2.25. The zero-order chi connectivity index (χ0) is 20.2. The molecule has 0 bridgehead atoms. The van der Waals surface area contributed by atoms with Crippen molar-refractivity contribution in [1.82, 2.24) is 10.2 Å². The van der Waals surface area contributed by atoms with Gasteiger partial charge in [0.15, 0.2) is 0 Å². The van der Waals surface area contributed by atoms with Gasteiger partial charge in [0.2, 0.25) is 5.91 Å². The van der Waals surface area contributed by atoms with Crippen LogP contribution >= 0.6 is 11.6 Å². The fourth-order valence-electron chi connectivity index (χ4n) is 3.19. The topological polar surface area (TPSA) is 122 Å². The number of benzene rings is 1. The lowest BCUT2D eigenvalue weighted by atomic mass is 9.88. The average Bonchev–Trinajstić information content (AvgIpc) is 2.81. The molecule has 1 aromatic rings. The van der Waals surface area contributed by atoms with Crippen LogP contribution in [0.25, 0.3) is 0 Å². The Labute approximate surface area is 161 Å². The highest BCUT2D eigenvalue weighted by Gasteiger charge is 2.50. The van der Waals surface area contributed by atoms with Crippen molar-refractivity contribution in [2.75, 3.05) is 11.9 Å². The van der Waals surface area contributed by atoms with Crippen LogP contribution in [0.3, 0.4) is 0 Å². The second-order valence-electron chi connectivity index (χ2n) is 6.37. The number of halogens is 1. The normalized spacial score (nSPS) is 15.6. The van der Waals surface area contributed by atoms with Crippen molar-refractivity contribution >= 4 is 40.8 Å². The molecule has 1 saturated heterocycles. The van der Waals surface area contributed by atoms with E-state index in [1.165, 1.54) is 12.1 Å². The van der Waals surface area contributed by atoms with Gasteiger partial charge in [-0.1, -0.05) is 38.3 Å². The standard InChI is InChI=1S/C17H21ClN4O5/c1-3-7-17(8-4-2)15(24)21(16(25)20-17)10-14(23)19-13-6-5-11(22(26)27)9-12(13)18/h5-6,9H,3-4,7-8,10H2,1-2H3,(H,19,23)(H,20,25). The number of rotatable bonds is 8. The summed E-state index contributed by atoms with van der Waals surface area (Å²) in [5.41, 5.74) is -1.02. The smallest absolute Gasteiger partial charge is 0.323 e. The SMILES string of the molecule is CCCC1(CCC)NC(=O)N(CC(=O)Nc2ccc([N+](=O)[O-])cc2Cl)C1=O. The van der Waals surface area contributed by atoms with Crippen molar-refractivity contribution in [3.63, 3.8) is 0 Å². The van der Waals surface area contributed by atoms with Crippen LogP contribution in [-0.4, -0.2) is 39.8 Å². The second kappa shape index (κ2) is 8.34. The van der Waals surface area contributed by atoms with E-state index in [4.69, 9.17) is 11.6 Å². The molecule has 0 unspecified atom stereocenters. The first-order valence-electron chi connectivity index (χ1n) is 8.62. The summed E-state index contributed by atoms with van der Waals surface area (Å²) in [5, 5.41) is 15.9. The van der Waals surface area contributed by atoms with Crippen molar-refractivity contribution in [3.05, 3.63) is 33.3 Å². The van der Waals surface area contributed by atoms with Crippen LogP contribution in [-0.2, 0) is 9.59 Å². The van der Waals surface area contributed by atoms with Crippen LogP contribution in [0.1, 0.15) is 39.5 Å². The number of hydrogen-bond acceptors (Lipinski definition) is 5. The fourth-order valence-corrected chi connectivity index (χ4v) is 3.41. The molecule has 0 aliphatic carbocycles. The van der Waals surface area contributed by atoms with E-state index in [-0.39, 0.29) is 16.4 Å². The van der Waals surface area contributed by atoms with E-state index in [9.17, 15) is 24.5 Å². The molecular weight excluding hydrogens is 376 g/mol. The number of non-ortho nitro benzene ring substituents is 1. The number of carbonyl (C=O) groups excluding carboxylic acids is 3. The summed E-state index contributed by atoms with van der Waals surface area (Å²) in [7, 11) is 0. The van der Waals surface area contributed by atoms with Crippen LogP contribution < -0.4 is 10.6 Å². The molecule has 10 heteroatoms. The van der Waals surface area contributed by atoms with Crippen LogP contribution in [0.2, 0.25) is 5.02 Å². The van der Waals surface area contributed by atoms with E-state index in [2.05, 4.69) is 10.6 Å². The Bertz CT molecular complexity index is 777. The van der Waals surface area contributed by atoms with Crippen molar-refractivity contribution in [3.8, 4) is 0 Å². The van der Waals surface area contributed by atoms with E-state index in [0.717, 1.165) is 11.0 Å². The van der Waals surface area contributed by atoms with E-state index in [0.29, 0.717) is 25.7 Å². The third kappa shape index (κ3) is 4.36. The molecule has 4 amide bonds. The predicted molar refractivity (Wildman–Crippen MR) is 99.5 cm³/mol. The molecule has 27 heavy (non-hydrogen) atoms. The van der Waals surface area contributed by atoms with Gasteiger partial charge in [-0.3, -0.25) is 24.6 Å². The van der Waals surface area contributed by atoms with Gasteiger partial charge < -0.3 is 10.6 Å². The number of urea groups is 1. The monoisotopic (exact) mass is 396 g/mol. The number of nitrogens with zero attached hydrogens (tertiary/aromatic N) is 2. The molecule has 0 aromatic heterocycles. The first-order valence-corrected chi connectivity index (χ1v) is 8.99. The van der Waals surface area contributed by atoms with Gasteiger partial charge >= 0.3 is 6.03 Å². The highest BCUT2D eigenvalue weighted by Crippen LogP contribution is 2.29.